The summed E-state index contributed by atoms with van der Waals surface area (Å²) in [6, 6.07) is 5.17. The van der Waals surface area contributed by atoms with E-state index in [0.29, 0.717) is 16.5 Å². The summed E-state index contributed by atoms with van der Waals surface area (Å²) in [5.74, 6) is 0.227. The number of benzene rings is 1. The normalized spacial score (nSPS) is 12.6. The van der Waals surface area contributed by atoms with Gasteiger partial charge in [0.1, 0.15) is 0 Å². The predicted molar refractivity (Wildman–Crippen MR) is 81.3 cm³/mol. The molecule has 20 heavy (non-hydrogen) atoms. The average molecular weight is 300 g/mol. The number of halogens is 1. The number of aliphatic hydroxyl groups is 1. The Morgan fingerprint density at radius 1 is 1.35 bits per heavy atom. The van der Waals surface area contributed by atoms with Crippen LogP contribution in [0.1, 0.15) is 34.1 Å². The van der Waals surface area contributed by atoms with Crippen LogP contribution in [0.4, 0.5) is 5.69 Å². The molecule has 112 valence electrons. The van der Waals surface area contributed by atoms with Crippen LogP contribution in [-0.4, -0.2) is 23.2 Å². The van der Waals surface area contributed by atoms with E-state index in [4.69, 9.17) is 16.3 Å². The minimum atomic E-state index is -0.663. The summed E-state index contributed by atoms with van der Waals surface area (Å²) < 4.78 is 5.62. The van der Waals surface area contributed by atoms with E-state index in [-0.39, 0.29) is 24.3 Å². The standard InChI is InChI=1S/C15H22ClNO3/c1-9(2)13(18)8-14(19)17-12-7-5-6-11(16)15(12)20-10(3)4/h5-7,9-10,13,18H,8H2,1-4H3,(H,17,19). The Labute approximate surface area is 125 Å². The lowest BCUT2D eigenvalue weighted by Crippen LogP contribution is -2.24. The van der Waals surface area contributed by atoms with Crippen molar-refractivity contribution < 1.29 is 14.6 Å². The van der Waals surface area contributed by atoms with Gasteiger partial charge in [0.15, 0.2) is 5.75 Å². The number of carbonyl (C=O) groups is 1. The molecule has 1 atom stereocenters. The zero-order chi connectivity index (χ0) is 15.3. The predicted octanol–water partition coefficient (Wildman–Crippen LogP) is 3.47. The van der Waals surface area contributed by atoms with E-state index in [1.54, 1.807) is 18.2 Å². The van der Waals surface area contributed by atoms with Crippen LogP contribution >= 0.6 is 11.6 Å². The minimum Gasteiger partial charge on any atom is -0.487 e. The highest BCUT2D eigenvalue weighted by Crippen LogP contribution is 2.33. The molecule has 0 aromatic heterocycles. The average Bonchev–Trinajstić information content (AvgIpc) is 2.32. The second-order valence-electron chi connectivity index (χ2n) is 5.35. The number of rotatable bonds is 6. The summed E-state index contributed by atoms with van der Waals surface area (Å²) in [5, 5.41) is 12.9. The zero-order valence-electron chi connectivity index (χ0n) is 12.3. The van der Waals surface area contributed by atoms with Crippen LogP contribution in [0.3, 0.4) is 0 Å². The Morgan fingerprint density at radius 3 is 2.55 bits per heavy atom. The van der Waals surface area contributed by atoms with E-state index in [2.05, 4.69) is 5.32 Å². The SMILES string of the molecule is CC(C)Oc1c(Cl)cccc1NC(=O)CC(O)C(C)C. The Hall–Kier alpha value is -1.26. The van der Waals surface area contributed by atoms with Crippen molar-refractivity contribution in [3.8, 4) is 5.75 Å². The quantitative estimate of drug-likeness (QED) is 0.845. The second kappa shape index (κ2) is 7.50. The second-order valence-corrected chi connectivity index (χ2v) is 5.75. The number of hydrogen-bond donors (Lipinski definition) is 2. The molecular formula is C15H22ClNO3. The molecule has 0 aliphatic carbocycles. The fraction of sp³-hybridized carbons (Fsp3) is 0.533. The van der Waals surface area contributed by atoms with Gasteiger partial charge in [-0.1, -0.05) is 31.5 Å². The van der Waals surface area contributed by atoms with Crippen molar-refractivity contribution in [1.29, 1.82) is 0 Å². The van der Waals surface area contributed by atoms with Crippen molar-refractivity contribution in [2.24, 2.45) is 5.92 Å². The first-order valence-corrected chi connectivity index (χ1v) is 7.12. The molecule has 1 unspecified atom stereocenters. The largest absolute Gasteiger partial charge is 0.487 e. The van der Waals surface area contributed by atoms with E-state index >= 15 is 0 Å². The van der Waals surface area contributed by atoms with Crippen LogP contribution < -0.4 is 10.1 Å². The molecule has 1 rings (SSSR count). The van der Waals surface area contributed by atoms with Crippen LogP contribution in [-0.2, 0) is 4.79 Å². The molecule has 0 fully saturated rings. The molecule has 0 radical (unpaired) electrons. The Bertz CT molecular complexity index is 460. The Kier molecular flexibility index (Phi) is 6.30. The summed E-state index contributed by atoms with van der Waals surface area (Å²) in [6.45, 7) is 7.50. The molecule has 0 spiro atoms. The van der Waals surface area contributed by atoms with Gasteiger partial charge in [0.2, 0.25) is 5.91 Å². The van der Waals surface area contributed by atoms with Crippen LogP contribution in [0, 0.1) is 5.92 Å². The monoisotopic (exact) mass is 299 g/mol. The van der Waals surface area contributed by atoms with Gasteiger partial charge >= 0.3 is 0 Å². The number of carbonyl (C=O) groups excluding carboxylic acids is 1. The van der Waals surface area contributed by atoms with Gasteiger partial charge in [-0.2, -0.15) is 0 Å². The summed E-state index contributed by atoms with van der Waals surface area (Å²) in [5.41, 5.74) is 0.521. The van der Waals surface area contributed by atoms with Crippen LogP contribution in [0.2, 0.25) is 5.02 Å². The smallest absolute Gasteiger partial charge is 0.227 e. The molecule has 4 nitrogen and oxygen atoms in total. The van der Waals surface area contributed by atoms with E-state index in [1.807, 2.05) is 27.7 Å². The summed E-state index contributed by atoms with van der Waals surface area (Å²) >= 11 is 6.09. The molecule has 1 aromatic carbocycles. The molecule has 2 N–H and O–H groups in total. The highest BCUT2D eigenvalue weighted by molar-refractivity contribution is 6.32. The number of hydrogen-bond acceptors (Lipinski definition) is 3. The first-order chi connectivity index (χ1) is 9.31. The third kappa shape index (κ3) is 5.02. The molecule has 1 amide bonds. The Morgan fingerprint density at radius 2 is 2.00 bits per heavy atom. The number of ether oxygens (including phenoxy) is 1. The number of anilines is 1. The van der Waals surface area contributed by atoms with E-state index in [9.17, 15) is 9.90 Å². The van der Waals surface area contributed by atoms with Gasteiger partial charge in [-0.3, -0.25) is 4.79 Å². The van der Waals surface area contributed by atoms with Gasteiger partial charge in [-0.05, 0) is 31.9 Å². The van der Waals surface area contributed by atoms with E-state index in [1.165, 1.54) is 0 Å². The summed E-state index contributed by atoms with van der Waals surface area (Å²) in [7, 11) is 0. The third-order valence-corrected chi connectivity index (χ3v) is 3.06. The fourth-order valence-electron chi connectivity index (χ4n) is 1.59. The lowest BCUT2D eigenvalue weighted by molar-refractivity contribution is -0.118. The Balaban J connectivity index is 2.81. The van der Waals surface area contributed by atoms with Crippen LogP contribution in [0.15, 0.2) is 18.2 Å². The molecule has 0 aliphatic rings. The van der Waals surface area contributed by atoms with Crippen molar-refractivity contribution >= 4 is 23.2 Å². The van der Waals surface area contributed by atoms with E-state index in [0.717, 1.165) is 0 Å². The summed E-state index contributed by atoms with van der Waals surface area (Å²) in [6.07, 6.45) is -0.666. The molecular weight excluding hydrogens is 278 g/mol. The van der Waals surface area contributed by atoms with Gasteiger partial charge in [0.05, 0.1) is 29.3 Å². The highest BCUT2D eigenvalue weighted by Gasteiger charge is 2.17. The number of aliphatic hydroxyl groups excluding tert-OH is 1. The van der Waals surface area contributed by atoms with Crippen molar-refractivity contribution in [2.45, 2.75) is 46.3 Å². The van der Waals surface area contributed by atoms with Gasteiger partial charge in [-0.25, -0.2) is 0 Å². The number of para-hydroxylation sites is 1. The van der Waals surface area contributed by atoms with Gasteiger partial charge in [0, 0.05) is 0 Å². The molecule has 0 heterocycles. The van der Waals surface area contributed by atoms with Gasteiger partial charge < -0.3 is 15.2 Å². The molecule has 5 heteroatoms. The number of nitrogens with one attached hydrogen (secondary N) is 1. The first kappa shape index (κ1) is 16.8. The molecule has 0 saturated carbocycles. The highest BCUT2D eigenvalue weighted by atomic mass is 35.5. The fourth-order valence-corrected chi connectivity index (χ4v) is 1.81. The first-order valence-electron chi connectivity index (χ1n) is 6.74. The van der Waals surface area contributed by atoms with Crippen molar-refractivity contribution in [2.75, 3.05) is 5.32 Å². The number of amides is 1. The third-order valence-electron chi connectivity index (χ3n) is 2.76. The van der Waals surface area contributed by atoms with Gasteiger partial charge in [0.25, 0.3) is 0 Å². The maximum absolute atomic E-state index is 11.9. The maximum Gasteiger partial charge on any atom is 0.227 e. The minimum absolute atomic E-state index is 0.0338. The molecule has 0 aliphatic heterocycles. The molecule has 0 saturated heterocycles. The molecule has 1 aromatic rings. The topological polar surface area (TPSA) is 58.6 Å². The lowest BCUT2D eigenvalue weighted by Gasteiger charge is -2.18. The molecule has 0 bridgehead atoms. The van der Waals surface area contributed by atoms with Crippen LogP contribution in [0.25, 0.3) is 0 Å². The van der Waals surface area contributed by atoms with Gasteiger partial charge in [-0.15, -0.1) is 0 Å². The van der Waals surface area contributed by atoms with Crippen molar-refractivity contribution in [1.82, 2.24) is 0 Å². The summed E-state index contributed by atoms with van der Waals surface area (Å²) in [4.78, 5) is 11.9. The van der Waals surface area contributed by atoms with Crippen LogP contribution in [0.5, 0.6) is 5.75 Å². The zero-order valence-corrected chi connectivity index (χ0v) is 13.1. The van der Waals surface area contributed by atoms with Crippen molar-refractivity contribution in [3.63, 3.8) is 0 Å². The van der Waals surface area contributed by atoms with E-state index < -0.39 is 6.10 Å². The van der Waals surface area contributed by atoms with Crippen molar-refractivity contribution in [3.05, 3.63) is 23.2 Å². The maximum atomic E-state index is 11.9. The lowest BCUT2D eigenvalue weighted by atomic mass is 10.0.